The van der Waals surface area contributed by atoms with E-state index < -0.39 is 17.6 Å². The maximum absolute atomic E-state index is 12.0. The summed E-state index contributed by atoms with van der Waals surface area (Å²) in [5.41, 5.74) is -0.512. The van der Waals surface area contributed by atoms with Gasteiger partial charge >= 0.3 is 12.1 Å². The van der Waals surface area contributed by atoms with E-state index in [-0.39, 0.29) is 12.3 Å². The molecule has 0 saturated carbocycles. The Morgan fingerprint density at radius 3 is 2.30 bits per heavy atom. The highest BCUT2D eigenvalue weighted by molar-refractivity contribution is 5.27. The molecule has 0 amide bonds. The number of aromatic amines is 1. The average molecular weight is 286 g/mol. The SMILES string of the molecule is O=c1ccn(Cc2ccc(OC(F)(F)F)cc2)c(=O)[nH]1. The van der Waals surface area contributed by atoms with E-state index in [9.17, 15) is 22.8 Å². The van der Waals surface area contributed by atoms with E-state index in [1.54, 1.807) is 0 Å². The minimum Gasteiger partial charge on any atom is -0.406 e. The largest absolute Gasteiger partial charge is 0.573 e. The van der Waals surface area contributed by atoms with Crippen LogP contribution in [0.2, 0.25) is 0 Å². The van der Waals surface area contributed by atoms with Crippen LogP contribution in [0.4, 0.5) is 13.2 Å². The summed E-state index contributed by atoms with van der Waals surface area (Å²) in [7, 11) is 0. The molecule has 1 aromatic carbocycles. The highest BCUT2D eigenvalue weighted by Crippen LogP contribution is 2.22. The first-order chi connectivity index (χ1) is 9.33. The fraction of sp³-hybridized carbons (Fsp3) is 0.167. The Labute approximate surface area is 110 Å². The molecular weight excluding hydrogens is 277 g/mol. The predicted molar refractivity (Wildman–Crippen MR) is 63.5 cm³/mol. The Balaban J connectivity index is 2.15. The van der Waals surface area contributed by atoms with E-state index in [0.29, 0.717) is 5.56 Å². The standard InChI is InChI=1S/C12H9F3N2O3/c13-12(14,15)20-9-3-1-8(2-4-9)7-17-6-5-10(18)16-11(17)19/h1-6H,7H2,(H,16,18,19). The van der Waals surface area contributed by atoms with Crippen molar-refractivity contribution in [3.63, 3.8) is 0 Å². The first-order valence-corrected chi connectivity index (χ1v) is 5.48. The normalized spacial score (nSPS) is 11.3. The smallest absolute Gasteiger partial charge is 0.406 e. The van der Waals surface area contributed by atoms with Gasteiger partial charge in [-0.25, -0.2) is 4.79 Å². The van der Waals surface area contributed by atoms with Crippen molar-refractivity contribution in [1.82, 2.24) is 9.55 Å². The van der Waals surface area contributed by atoms with Crippen LogP contribution >= 0.6 is 0 Å². The van der Waals surface area contributed by atoms with Crippen LogP contribution in [0.25, 0.3) is 0 Å². The van der Waals surface area contributed by atoms with Gasteiger partial charge in [-0.2, -0.15) is 0 Å². The summed E-state index contributed by atoms with van der Waals surface area (Å²) in [6.07, 6.45) is -3.43. The molecule has 0 atom stereocenters. The number of H-pyrrole nitrogens is 1. The lowest BCUT2D eigenvalue weighted by Gasteiger charge is -2.09. The zero-order chi connectivity index (χ0) is 14.8. The van der Waals surface area contributed by atoms with Crippen LogP contribution in [0.1, 0.15) is 5.56 Å². The van der Waals surface area contributed by atoms with Gasteiger partial charge in [-0.15, -0.1) is 13.2 Å². The molecule has 2 rings (SSSR count). The first-order valence-electron chi connectivity index (χ1n) is 5.48. The van der Waals surface area contributed by atoms with E-state index in [1.165, 1.54) is 29.0 Å². The molecule has 5 nitrogen and oxygen atoms in total. The molecular formula is C12H9F3N2O3. The molecule has 1 heterocycles. The maximum atomic E-state index is 12.0. The second-order valence-electron chi connectivity index (χ2n) is 3.93. The van der Waals surface area contributed by atoms with Crippen molar-refractivity contribution in [2.45, 2.75) is 12.9 Å². The Hall–Kier alpha value is -2.51. The number of nitrogens with one attached hydrogen (secondary N) is 1. The van der Waals surface area contributed by atoms with E-state index >= 15 is 0 Å². The van der Waals surface area contributed by atoms with Crippen LogP contribution in [-0.2, 0) is 6.54 Å². The van der Waals surface area contributed by atoms with Crippen molar-refractivity contribution in [3.8, 4) is 5.75 Å². The van der Waals surface area contributed by atoms with Gasteiger partial charge in [0.15, 0.2) is 0 Å². The molecule has 1 N–H and O–H groups in total. The van der Waals surface area contributed by atoms with Gasteiger partial charge < -0.3 is 4.74 Å². The Bertz CT molecular complexity index is 701. The summed E-state index contributed by atoms with van der Waals surface area (Å²) >= 11 is 0. The molecule has 8 heteroatoms. The van der Waals surface area contributed by atoms with Crippen molar-refractivity contribution in [1.29, 1.82) is 0 Å². The highest BCUT2D eigenvalue weighted by Gasteiger charge is 2.30. The number of hydrogen-bond donors (Lipinski definition) is 1. The topological polar surface area (TPSA) is 64.1 Å². The minimum absolute atomic E-state index is 0.127. The summed E-state index contributed by atoms with van der Waals surface area (Å²) in [6.45, 7) is 0.127. The molecule has 20 heavy (non-hydrogen) atoms. The fourth-order valence-corrected chi connectivity index (χ4v) is 1.56. The van der Waals surface area contributed by atoms with Gasteiger partial charge in [0.1, 0.15) is 5.75 Å². The van der Waals surface area contributed by atoms with E-state index in [2.05, 4.69) is 9.72 Å². The number of halogens is 3. The molecule has 0 bridgehead atoms. The predicted octanol–water partition coefficient (Wildman–Crippen LogP) is 1.48. The van der Waals surface area contributed by atoms with Crippen molar-refractivity contribution < 1.29 is 17.9 Å². The van der Waals surface area contributed by atoms with Gasteiger partial charge in [0, 0.05) is 12.3 Å². The van der Waals surface area contributed by atoms with Crippen molar-refractivity contribution >= 4 is 0 Å². The molecule has 0 aliphatic carbocycles. The Morgan fingerprint density at radius 1 is 1.10 bits per heavy atom. The molecule has 0 aliphatic rings. The van der Waals surface area contributed by atoms with Gasteiger partial charge in [-0.1, -0.05) is 12.1 Å². The number of aromatic nitrogens is 2. The second kappa shape index (κ2) is 5.24. The summed E-state index contributed by atoms with van der Waals surface area (Å²) in [4.78, 5) is 24.4. The zero-order valence-electron chi connectivity index (χ0n) is 9.98. The van der Waals surface area contributed by atoms with Crippen LogP contribution < -0.4 is 16.0 Å². The summed E-state index contributed by atoms with van der Waals surface area (Å²) in [5, 5.41) is 0. The number of benzene rings is 1. The first kappa shape index (κ1) is 13.9. The second-order valence-corrected chi connectivity index (χ2v) is 3.93. The summed E-state index contributed by atoms with van der Waals surface area (Å²) < 4.78 is 40.9. The number of hydrogen-bond acceptors (Lipinski definition) is 3. The van der Waals surface area contributed by atoms with Crippen LogP contribution in [0, 0.1) is 0 Å². The number of nitrogens with zero attached hydrogens (tertiary/aromatic N) is 1. The summed E-state index contributed by atoms with van der Waals surface area (Å²) in [6, 6.07) is 6.29. The van der Waals surface area contributed by atoms with Crippen LogP contribution in [0.3, 0.4) is 0 Å². The fourth-order valence-electron chi connectivity index (χ4n) is 1.56. The molecule has 1 aromatic heterocycles. The summed E-state index contributed by atoms with van der Waals surface area (Å²) in [5.74, 6) is -0.338. The Kier molecular flexibility index (Phi) is 3.64. The lowest BCUT2D eigenvalue weighted by Crippen LogP contribution is -2.28. The maximum Gasteiger partial charge on any atom is 0.573 e. The van der Waals surface area contributed by atoms with Crippen LogP contribution in [-0.4, -0.2) is 15.9 Å². The van der Waals surface area contributed by atoms with E-state index in [1.807, 2.05) is 0 Å². The number of rotatable bonds is 3. The molecule has 0 unspecified atom stereocenters. The van der Waals surface area contributed by atoms with Gasteiger partial charge in [-0.3, -0.25) is 14.3 Å². The van der Waals surface area contributed by atoms with Gasteiger partial charge in [-0.05, 0) is 17.7 Å². The third-order valence-corrected chi connectivity index (χ3v) is 2.41. The monoisotopic (exact) mass is 286 g/mol. The zero-order valence-corrected chi connectivity index (χ0v) is 9.98. The van der Waals surface area contributed by atoms with Crippen LogP contribution in [0.5, 0.6) is 5.75 Å². The third kappa shape index (κ3) is 3.74. The van der Waals surface area contributed by atoms with Crippen molar-refractivity contribution in [2.75, 3.05) is 0 Å². The van der Waals surface area contributed by atoms with Gasteiger partial charge in [0.25, 0.3) is 5.56 Å². The highest BCUT2D eigenvalue weighted by atomic mass is 19.4. The molecule has 0 saturated heterocycles. The average Bonchev–Trinajstić information content (AvgIpc) is 2.33. The number of alkyl halides is 3. The lowest BCUT2D eigenvalue weighted by atomic mass is 10.2. The molecule has 0 radical (unpaired) electrons. The van der Waals surface area contributed by atoms with Crippen LogP contribution in [0.15, 0.2) is 46.1 Å². The quantitative estimate of drug-likeness (QED) is 0.929. The van der Waals surface area contributed by atoms with Crippen molar-refractivity contribution in [2.24, 2.45) is 0 Å². The van der Waals surface area contributed by atoms with E-state index in [0.717, 1.165) is 12.1 Å². The molecule has 0 aliphatic heterocycles. The van der Waals surface area contributed by atoms with E-state index in [4.69, 9.17) is 0 Å². The van der Waals surface area contributed by atoms with Gasteiger partial charge in [0.05, 0.1) is 6.54 Å². The lowest BCUT2D eigenvalue weighted by molar-refractivity contribution is -0.274. The van der Waals surface area contributed by atoms with Gasteiger partial charge in [0.2, 0.25) is 0 Å². The minimum atomic E-state index is -4.74. The Morgan fingerprint density at radius 2 is 1.75 bits per heavy atom. The third-order valence-electron chi connectivity index (χ3n) is 2.41. The molecule has 106 valence electrons. The molecule has 2 aromatic rings. The molecule has 0 fully saturated rings. The molecule has 0 spiro atoms. The number of ether oxygens (including phenoxy) is 1. The van der Waals surface area contributed by atoms with Crippen molar-refractivity contribution in [3.05, 3.63) is 62.9 Å².